The van der Waals surface area contributed by atoms with Crippen LogP contribution in [0.5, 0.6) is 11.5 Å². The number of methoxy groups -OCH3 is 2. The molecule has 1 saturated heterocycles. The molecular weight excluding hydrogens is 510 g/mol. The van der Waals surface area contributed by atoms with E-state index in [9.17, 15) is 24.0 Å². The molecule has 3 rings (SSSR count). The third kappa shape index (κ3) is 7.69. The van der Waals surface area contributed by atoms with E-state index < -0.39 is 42.2 Å². The Morgan fingerprint density at radius 3 is 2.26 bits per heavy atom. The molecule has 3 amide bonds. The Balaban J connectivity index is 1.48. The number of esters is 2. The van der Waals surface area contributed by atoms with E-state index in [0.29, 0.717) is 17.9 Å². The lowest BCUT2D eigenvalue weighted by Gasteiger charge is -2.19. The van der Waals surface area contributed by atoms with Gasteiger partial charge >= 0.3 is 11.9 Å². The molecule has 1 aliphatic heterocycles. The molecule has 0 aromatic heterocycles. The number of ether oxygens (including phenoxy) is 4. The second-order valence-electron chi connectivity index (χ2n) is 8.61. The molecule has 0 spiro atoms. The van der Waals surface area contributed by atoms with E-state index in [4.69, 9.17) is 18.9 Å². The van der Waals surface area contributed by atoms with Crippen LogP contribution in [-0.4, -0.2) is 68.6 Å². The second kappa shape index (κ2) is 13.8. The molecule has 0 aliphatic carbocycles. The first-order valence-corrected chi connectivity index (χ1v) is 12.3. The number of carbonyl (C=O) groups is 5. The van der Waals surface area contributed by atoms with Gasteiger partial charge in [0.05, 0.1) is 38.9 Å². The maximum atomic E-state index is 12.8. The van der Waals surface area contributed by atoms with Crippen LogP contribution in [0.2, 0.25) is 0 Å². The van der Waals surface area contributed by atoms with Gasteiger partial charge in [-0.25, -0.2) is 4.79 Å². The number of nitrogens with zero attached hydrogens (tertiary/aromatic N) is 1. The lowest BCUT2D eigenvalue weighted by molar-refractivity contribution is -0.151. The zero-order chi connectivity index (χ0) is 28.4. The number of benzene rings is 2. The van der Waals surface area contributed by atoms with E-state index >= 15 is 0 Å². The Morgan fingerprint density at radius 1 is 0.974 bits per heavy atom. The Morgan fingerprint density at radius 2 is 1.64 bits per heavy atom. The summed E-state index contributed by atoms with van der Waals surface area (Å²) >= 11 is 0. The van der Waals surface area contributed by atoms with Gasteiger partial charge in [-0.15, -0.1) is 0 Å². The van der Waals surface area contributed by atoms with Gasteiger partial charge in [-0.3, -0.25) is 29.6 Å². The van der Waals surface area contributed by atoms with Crippen molar-refractivity contribution in [2.24, 2.45) is 5.92 Å². The molecule has 12 heteroatoms. The summed E-state index contributed by atoms with van der Waals surface area (Å²) in [6, 6.07) is 10.9. The van der Waals surface area contributed by atoms with Crippen molar-refractivity contribution in [3.05, 3.63) is 53.6 Å². The number of nitrogens with one attached hydrogen (secondary N) is 2. The monoisotopic (exact) mass is 541 g/mol. The van der Waals surface area contributed by atoms with Crippen LogP contribution in [0, 0.1) is 5.92 Å². The Labute approximate surface area is 225 Å². The highest BCUT2D eigenvalue weighted by molar-refractivity contribution is 6.01. The molecule has 2 N–H and O–H groups in total. The minimum atomic E-state index is -0.872. The molecule has 0 unspecified atom stereocenters. The third-order valence-electron chi connectivity index (χ3n) is 5.83. The van der Waals surface area contributed by atoms with Crippen molar-refractivity contribution >= 4 is 35.3 Å². The number of hydrogen-bond donors (Lipinski definition) is 2. The van der Waals surface area contributed by atoms with Crippen molar-refractivity contribution in [3.63, 3.8) is 0 Å². The summed E-state index contributed by atoms with van der Waals surface area (Å²) in [7, 11) is 2.80. The van der Waals surface area contributed by atoms with Crippen LogP contribution in [0.3, 0.4) is 0 Å². The molecule has 1 fully saturated rings. The lowest BCUT2D eigenvalue weighted by Crippen LogP contribution is -2.43. The molecule has 1 atom stereocenters. The van der Waals surface area contributed by atoms with Gasteiger partial charge in [0.25, 0.3) is 11.8 Å². The van der Waals surface area contributed by atoms with Crippen LogP contribution < -0.4 is 20.2 Å². The number of hydrogen-bond acceptors (Lipinski definition) is 9. The van der Waals surface area contributed by atoms with Crippen LogP contribution in [0.25, 0.3) is 0 Å². The molecule has 1 aliphatic rings. The van der Waals surface area contributed by atoms with Gasteiger partial charge in [-0.05, 0) is 42.8 Å². The first-order chi connectivity index (χ1) is 18.8. The highest BCUT2D eigenvalue weighted by atomic mass is 16.5. The average molecular weight is 542 g/mol. The highest BCUT2D eigenvalue weighted by Gasteiger charge is 2.37. The lowest BCUT2D eigenvalue weighted by atomic mass is 10.1. The number of anilines is 1. The average Bonchev–Trinajstić information content (AvgIpc) is 3.31. The molecule has 1 heterocycles. The first kappa shape index (κ1) is 29.0. The van der Waals surface area contributed by atoms with Crippen LogP contribution in [0.1, 0.15) is 46.9 Å². The van der Waals surface area contributed by atoms with Crippen molar-refractivity contribution in [1.82, 2.24) is 10.4 Å². The molecule has 2 aromatic rings. The van der Waals surface area contributed by atoms with E-state index in [0.717, 1.165) is 17.9 Å². The van der Waals surface area contributed by atoms with E-state index in [1.165, 1.54) is 38.5 Å². The standard InChI is InChI=1S/C27H31N3O9/c1-4-5-13-38-26(34)17-9-11-19(12-10-17)28-22(31)16-39-27(35)18-14-23(32)30(15-18)29-25(33)24-20(36-2)7-6-8-21(24)37-3/h6-12,18H,4-5,13-16H2,1-3H3,(H,28,31)(H,29,33)/t18-/m0/s1. The van der Waals surface area contributed by atoms with Crippen LogP contribution in [-0.2, 0) is 23.9 Å². The number of hydrazine groups is 1. The van der Waals surface area contributed by atoms with E-state index in [1.807, 2.05) is 6.92 Å². The molecule has 39 heavy (non-hydrogen) atoms. The van der Waals surface area contributed by atoms with E-state index in [1.54, 1.807) is 18.2 Å². The highest BCUT2D eigenvalue weighted by Crippen LogP contribution is 2.28. The summed E-state index contributed by atoms with van der Waals surface area (Å²) < 4.78 is 20.6. The zero-order valence-electron chi connectivity index (χ0n) is 22.0. The topological polar surface area (TPSA) is 150 Å². The summed E-state index contributed by atoms with van der Waals surface area (Å²) in [5.74, 6) is -3.31. The van der Waals surface area contributed by atoms with E-state index in [-0.39, 0.29) is 30.0 Å². The maximum absolute atomic E-state index is 12.8. The van der Waals surface area contributed by atoms with Gasteiger partial charge in [-0.2, -0.15) is 0 Å². The van der Waals surface area contributed by atoms with Crippen molar-refractivity contribution in [2.45, 2.75) is 26.2 Å². The SMILES string of the molecule is CCCCOC(=O)c1ccc(NC(=O)COC(=O)[C@H]2CC(=O)N(NC(=O)c3c(OC)cccc3OC)C2)cc1. The minimum Gasteiger partial charge on any atom is -0.496 e. The van der Waals surface area contributed by atoms with Crippen molar-refractivity contribution in [2.75, 3.05) is 39.3 Å². The van der Waals surface area contributed by atoms with Gasteiger partial charge < -0.3 is 24.3 Å². The second-order valence-corrected chi connectivity index (χ2v) is 8.61. The largest absolute Gasteiger partial charge is 0.496 e. The van der Waals surface area contributed by atoms with E-state index in [2.05, 4.69) is 10.7 Å². The smallest absolute Gasteiger partial charge is 0.338 e. The normalized spacial score (nSPS) is 14.4. The zero-order valence-corrected chi connectivity index (χ0v) is 22.0. The Kier molecular flexibility index (Phi) is 10.2. The molecule has 12 nitrogen and oxygen atoms in total. The van der Waals surface area contributed by atoms with Gasteiger partial charge in [0.1, 0.15) is 17.1 Å². The Bertz CT molecular complexity index is 1190. The molecule has 2 aromatic carbocycles. The predicted molar refractivity (Wildman–Crippen MR) is 138 cm³/mol. The molecule has 0 saturated carbocycles. The van der Waals surface area contributed by atoms with Crippen molar-refractivity contribution in [3.8, 4) is 11.5 Å². The van der Waals surface area contributed by atoms with Crippen molar-refractivity contribution < 1.29 is 42.9 Å². The summed E-state index contributed by atoms with van der Waals surface area (Å²) in [4.78, 5) is 61.9. The summed E-state index contributed by atoms with van der Waals surface area (Å²) in [5, 5.41) is 3.59. The summed E-state index contributed by atoms with van der Waals surface area (Å²) in [6.07, 6.45) is 1.49. The molecule has 0 radical (unpaired) electrons. The maximum Gasteiger partial charge on any atom is 0.338 e. The summed E-state index contributed by atoms with van der Waals surface area (Å²) in [6.45, 7) is 1.63. The predicted octanol–water partition coefficient (Wildman–Crippen LogP) is 2.34. The quantitative estimate of drug-likeness (QED) is 0.305. The molecular formula is C27H31N3O9. The third-order valence-corrected chi connectivity index (χ3v) is 5.83. The fourth-order valence-corrected chi connectivity index (χ4v) is 3.76. The van der Waals surface area contributed by atoms with Gasteiger partial charge in [0.15, 0.2) is 6.61 Å². The van der Waals surface area contributed by atoms with Crippen LogP contribution in [0.15, 0.2) is 42.5 Å². The van der Waals surface area contributed by atoms with Gasteiger partial charge in [0.2, 0.25) is 5.91 Å². The first-order valence-electron chi connectivity index (χ1n) is 12.3. The number of carbonyl (C=O) groups excluding carboxylic acids is 5. The fourth-order valence-electron chi connectivity index (χ4n) is 3.76. The number of unbranched alkanes of at least 4 members (excludes halogenated alkanes) is 1. The molecule has 0 bridgehead atoms. The fraction of sp³-hybridized carbons (Fsp3) is 0.370. The van der Waals surface area contributed by atoms with Crippen LogP contribution in [0.4, 0.5) is 5.69 Å². The number of rotatable bonds is 12. The Hall–Kier alpha value is -4.61. The van der Waals surface area contributed by atoms with Gasteiger partial charge in [0, 0.05) is 12.1 Å². The molecule has 208 valence electrons. The summed E-state index contributed by atoms with van der Waals surface area (Å²) in [5.41, 5.74) is 3.31. The van der Waals surface area contributed by atoms with Crippen molar-refractivity contribution in [1.29, 1.82) is 0 Å². The van der Waals surface area contributed by atoms with Gasteiger partial charge in [-0.1, -0.05) is 19.4 Å². The van der Waals surface area contributed by atoms with Crippen LogP contribution >= 0.6 is 0 Å². The number of amides is 3. The minimum absolute atomic E-state index is 0.0967.